The van der Waals surface area contributed by atoms with Gasteiger partial charge in [-0.15, -0.1) is 0 Å². The van der Waals surface area contributed by atoms with E-state index in [0.29, 0.717) is 12.1 Å². The molecule has 102 valence electrons. The normalized spacial score (nSPS) is 11.5. The number of nitrogens with one attached hydrogen (secondary N) is 2. The van der Waals surface area contributed by atoms with Crippen molar-refractivity contribution in [2.45, 2.75) is 25.9 Å². The topological polar surface area (TPSA) is 85.2 Å². The number of benzene rings is 1. The minimum absolute atomic E-state index is 0.135. The lowest BCUT2D eigenvalue weighted by molar-refractivity contribution is 0.162. The lowest BCUT2D eigenvalue weighted by Crippen LogP contribution is -2.35. The van der Waals surface area contributed by atoms with E-state index < -0.39 is 18.0 Å². The third-order valence-corrected chi connectivity index (χ3v) is 2.46. The summed E-state index contributed by atoms with van der Waals surface area (Å²) in [6.45, 7) is 2.08. The molecule has 0 aliphatic carbocycles. The molecule has 0 fully saturated rings. The van der Waals surface area contributed by atoms with E-state index in [-0.39, 0.29) is 12.1 Å². The average molecular weight is 265 g/mol. The van der Waals surface area contributed by atoms with E-state index in [9.17, 15) is 14.3 Å². The van der Waals surface area contributed by atoms with Crippen LogP contribution in [0.4, 0.5) is 14.9 Å². The molecule has 6 heteroatoms. The van der Waals surface area contributed by atoms with Gasteiger partial charge in [0.05, 0.1) is 11.7 Å². The third kappa shape index (κ3) is 4.94. The van der Waals surface area contributed by atoms with Crippen LogP contribution >= 0.6 is 0 Å². The van der Waals surface area contributed by atoms with Gasteiger partial charge in [-0.05, 0) is 24.6 Å². The maximum atomic E-state index is 13.1. The van der Waals surface area contributed by atoms with Crippen molar-refractivity contribution in [2.75, 3.05) is 11.9 Å². The molecule has 1 atom stereocenters. The minimum atomic E-state index is -0.633. The first-order valence-electron chi connectivity index (χ1n) is 5.99. The second-order valence-electron chi connectivity index (χ2n) is 4.08. The maximum Gasteiger partial charge on any atom is 0.319 e. The van der Waals surface area contributed by atoms with Gasteiger partial charge in [-0.25, -0.2) is 9.18 Å². The fourth-order valence-corrected chi connectivity index (χ4v) is 1.51. The van der Waals surface area contributed by atoms with Crippen LogP contribution in [0.2, 0.25) is 0 Å². The maximum absolute atomic E-state index is 13.1. The summed E-state index contributed by atoms with van der Waals surface area (Å²) in [5.74, 6) is -0.633. The molecule has 0 aromatic heterocycles. The van der Waals surface area contributed by atoms with Crippen LogP contribution < -0.4 is 10.6 Å². The van der Waals surface area contributed by atoms with Crippen molar-refractivity contribution < 1.29 is 14.3 Å². The second kappa shape index (κ2) is 7.34. The second-order valence-corrected chi connectivity index (χ2v) is 4.08. The summed E-state index contributed by atoms with van der Waals surface area (Å²) in [5, 5.41) is 23.1. The summed E-state index contributed by atoms with van der Waals surface area (Å²) in [6, 6.07) is 4.90. The number of anilines is 1. The van der Waals surface area contributed by atoms with Crippen LogP contribution in [0.1, 0.15) is 25.3 Å². The molecule has 5 nitrogen and oxygen atoms in total. The molecule has 0 saturated heterocycles. The zero-order chi connectivity index (χ0) is 14.3. The van der Waals surface area contributed by atoms with E-state index in [2.05, 4.69) is 10.6 Å². The van der Waals surface area contributed by atoms with Gasteiger partial charge in [0.1, 0.15) is 11.9 Å². The van der Waals surface area contributed by atoms with Gasteiger partial charge in [0.25, 0.3) is 0 Å². The average Bonchev–Trinajstić information content (AvgIpc) is 2.39. The molecule has 0 spiro atoms. The number of nitrogens with zero attached hydrogens (tertiary/aromatic N) is 1. The molecule has 0 radical (unpaired) electrons. The summed E-state index contributed by atoms with van der Waals surface area (Å²) in [5.41, 5.74) is 0.184. The van der Waals surface area contributed by atoms with Crippen molar-refractivity contribution in [2.24, 2.45) is 0 Å². The Labute approximate surface area is 111 Å². The molecule has 1 aromatic carbocycles. The lowest BCUT2D eigenvalue weighted by Gasteiger charge is -2.11. The van der Waals surface area contributed by atoms with Crippen molar-refractivity contribution in [1.82, 2.24) is 5.32 Å². The third-order valence-electron chi connectivity index (χ3n) is 2.46. The van der Waals surface area contributed by atoms with Crippen LogP contribution in [0.15, 0.2) is 18.2 Å². The quantitative estimate of drug-likeness (QED) is 0.761. The van der Waals surface area contributed by atoms with Gasteiger partial charge in [-0.1, -0.05) is 13.3 Å². The van der Waals surface area contributed by atoms with Crippen molar-refractivity contribution in [3.8, 4) is 6.07 Å². The molecule has 0 aliphatic heterocycles. The van der Waals surface area contributed by atoms with Gasteiger partial charge in [0.2, 0.25) is 0 Å². The van der Waals surface area contributed by atoms with E-state index in [1.165, 1.54) is 12.1 Å². The molecule has 0 aliphatic rings. The van der Waals surface area contributed by atoms with Gasteiger partial charge in [0, 0.05) is 12.2 Å². The Bertz CT molecular complexity index is 485. The summed E-state index contributed by atoms with van der Waals surface area (Å²) >= 11 is 0. The molecule has 19 heavy (non-hydrogen) atoms. The Hall–Kier alpha value is -2.13. The Morgan fingerprint density at radius 3 is 2.95 bits per heavy atom. The molecule has 0 saturated carbocycles. The molecular formula is C13H16FN3O2. The van der Waals surface area contributed by atoms with E-state index in [0.717, 1.165) is 12.5 Å². The highest BCUT2D eigenvalue weighted by Gasteiger charge is 2.08. The predicted octanol–water partition coefficient (Wildman–Crippen LogP) is 1.98. The van der Waals surface area contributed by atoms with Crippen molar-refractivity contribution in [1.29, 1.82) is 5.26 Å². The summed E-state index contributed by atoms with van der Waals surface area (Å²) in [6.07, 6.45) is 0.849. The zero-order valence-corrected chi connectivity index (χ0v) is 10.6. The fraction of sp³-hybridized carbons (Fsp3) is 0.385. The Morgan fingerprint density at radius 2 is 2.32 bits per heavy atom. The Balaban J connectivity index is 2.51. The van der Waals surface area contributed by atoms with Crippen LogP contribution in [-0.2, 0) is 0 Å². The number of amides is 2. The predicted molar refractivity (Wildman–Crippen MR) is 69.1 cm³/mol. The van der Waals surface area contributed by atoms with Crippen LogP contribution in [0, 0.1) is 17.1 Å². The number of urea groups is 1. The molecule has 1 aromatic rings. The highest BCUT2D eigenvalue weighted by Crippen LogP contribution is 2.13. The number of halogens is 1. The summed E-state index contributed by atoms with van der Waals surface area (Å²) in [4.78, 5) is 11.5. The van der Waals surface area contributed by atoms with Gasteiger partial charge in [0.15, 0.2) is 0 Å². The number of aliphatic hydroxyl groups excluding tert-OH is 1. The van der Waals surface area contributed by atoms with Crippen LogP contribution in [0.3, 0.4) is 0 Å². The van der Waals surface area contributed by atoms with Crippen molar-refractivity contribution in [3.63, 3.8) is 0 Å². The molecule has 0 bridgehead atoms. The van der Waals surface area contributed by atoms with Crippen molar-refractivity contribution >= 4 is 11.7 Å². The SMILES string of the molecule is CCCC(O)CNC(=O)Nc1ccc(F)c(C#N)c1. The zero-order valence-electron chi connectivity index (χ0n) is 10.6. The number of hydrogen-bond acceptors (Lipinski definition) is 3. The molecule has 2 amide bonds. The lowest BCUT2D eigenvalue weighted by atomic mass is 10.2. The number of aliphatic hydroxyl groups is 1. The number of rotatable bonds is 5. The van der Waals surface area contributed by atoms with Crippen LogP contribution in [0.25, 0.3) is 0 Å². The molecular weight excluding hydrogens is 249 g/mol. The Kier molecular flexibility index (Phi) is 5.76. The van der Waals surface area contributed by atoms with Gasteiger partial charge in [-0.3, -0.25) is 0 Å². The Morgan fingerprint density at radius 1 is 1.58 bits per heavy atom. The van der Waals surface area contributed by atoms with E-state index in [1.54, 1.807) is 6.07 Å². The number of carbonyl (C=O) groups excluding carboxylic acids is 1. The van der Waals surface area contributed by atoms with Gasteiger partial charge < -0.3 is 15.7 Å². The highest BCUT2D eigenvalue weighted by atomic mass is 19.1. The van der Waals surface area contributed by atoms with Crippen LogP contribution in [0.5, 0.6) is 0 Å². The monoisotopic (exact) mass is 265 g/mol. The van der Waals surface area contributed by atoms with Crippen molar-refractivity contribution in [3.05, 3.63) is 29.6 Å². The van der Waals surface area contributed by atoms with E-state index >= 15 is 0 Å². The summed E-state index contributed by atoms with van der Waals surface area (Å²) in [7, 11) is 0. The first kappa shape index (κ1) is 14.9. The van der Waals surface area contributed by atoms with Gasteiger partial charge in [-0.2, -0.15) is 5.26 Å². The van der Waals surface area contributed by atoms with Gasteiger partial charge >= 0.3 is 6.03 Å². The molecule has 1 unspecified atom stereocenters. The molecule has 0 heterocycles. The van der Waals surface area contributed by atoms with E-state index in [4.69, 9.17) is 5.26 Å². The number of nitriles is 1. The fourth-order valence-electron chi connectivity index (χ4n) is 1.51. The highest BCUT2D eigenvalue weighted by molar-refractivity contribution is 5.89. The van der Waals surface area contributed by atoms with E-state index in [1.807, 2.05) is 6.92 Å². The number of carbonyl (C=O) groups is 1. The summed E-state index contributed by atoms with van der Waals surface area (Å²) < 4.78 is 13.1. The minimum Gasteiger partial charge on any atom is -0.391 e. The largest absolute Gasteiger partial charge is 0.391 e. The number of hydrogen-bond donors (Lipinski definition) is 3. The first-order valence-corrected chi connectivity index (χ1v) is 5.99. The molecule has 3 N–H and O–H groups in total. The first-order chi connectivity index (χ1) is 9.06. The molecule has 1 rings (SSSR count). The smallest absolute Gasteiger partial charge is 0.319 e. The van der Waals surface area contributed by atoms with Crippen LogP contribution in [-0.4, -0.2) is 23.8 Å². The standard InChI is InChI=1S/C13H16FN3O2/c1-2-3-11(18)8-16-13(19)17-10-4-5-12(14)9(6-10)7-15/h4-6,11,18H,2-3,8H2,1H3,(H2,16,17,19).